The van der Waals surface area contributed by atoms with Crippen LogP contribution in [-0.2, 0) is 4.79 Å². The first-order valence-electron chi connectivity index (χ1n) is 8.73. The van der Waals surface area contributed by atoms with Gasteiger partial charge in [-0.15, -0.1) is 0 Å². The lowest BCUT2D eigenvalue weighted by molar-refractivity contribution is -0.119. The van der Waals surface area contributed by atoms with E-state index in [2.05, 4.69) is 40.3 Å². The fourth-order valence-electron chi connectivity index (χ4n) is 3.39. The van der Waals surface area contributed by atoms with Gasteiger partial charge in [-0.1, -0.05) is 54.6 Å². The molecule has 3 heteroatoms. The molecule has 0 aromatic heterocycles. The molecule has 1 fully saturated rings. The van der Waals surface area contributed by atoms with Crippen molar-refractivity contribution in [2.45, 2.75) is 70.8 Å². The van der Waals surface area contributed by atoms with Crippen LogP contribution in [0.3, 0.4) is 0 Å². The summed E-state index contributed by atoms with van der Waals surface area (Å²) in [6, 6.07) is 8.57. The summed E-state index contributed by atoms with van der Waals surface area (Å²) in [5, 5.41) is 3.65. The SMILES string of the molecule is CCCCC(=O)C[C@H](Nc1cccc(Br)c1)C1CCCCC1. The molecule has 0 bridgehead atoms. The number of halogens is 1. The number of carbonyl (C=O) groups excluding carboxylic acids is 1. The topological polar surface area (TPSA) is 29.1 Å². The van der Waals surface area contributed by atoms with Gasteiger partial charge in [0.05, 0.1) is 0 Å². The molecule has 1 aromatic carbocycles. The Morgan fingerprint density at radius 1 is 1.32 bits per heavy atom. The van der Waals surface area contributed by atoms with Gasteiger partial charge in [0.15, 0.2) is 0 Å². The van der Waals surface area contributed by atoms with Crippen LogP contribution in [0.2, 0.25) is 0 Å². The van der Waals surface area contributed by atoms with Gasteiger partial charge < -0.3 is 5.32 Å². The Morgan fingerprint density at radius 3 is 2.77 bits per heavy atom. The van der Waals surface area contributed by atoms with Crippen LogP contribution in [0.4, 0.5) is 5.69 Å². The molecule has 2 nitrogen and oxygen atoms in total. The maximum absolute atomic E-state index is 12.3. The minimum Gasteiger partial charge on any atom is -0.382 e. The van der Waals surface area contributed by atoms with Crippen molar-refractivity contribution in [1.29, 1.82) is 0 Å². The van der Waals surface area contributed by atoms with Gasteiger partial charge >= 0.3 is 0 Å². The number of hydrogen-bond donors (Lipinski definition) is 1. The highest BCUT2D eigenvalue weighted by atomic mass is 79.9. The highest BCUT2D eigenvalue weighted by Gasteiger charge is 2.25. The first kappa shape index (κ1) is 17.5. The fraction of sp³-hybridized carbons (Fsp3) is 0.632. The van der Waals surface area contributed by atoms with E-state index in [1.807, 2.05) is 12.1 Å². The Kier molecular flexibility index (Phi) is 7.44. The molecule has 1 N–H and O–H groups in total. The normalized spacial score (nSPS) is 17.2. The van der Waals surface area contributed by atoms with Crippen molar-refractivity contribution in [2.24, 2.45) is 5.92 Å². The number of carbonyl (C=O) groups is 1. The van der Waals surface area contributed by atoms with Crippen molar-refractivity contribution >= 4 is 27.4 Å². The van der Waals surface area contributed by atoms with E-state index in [4.69, 9.17) is 0 Å². The summed E-state index contributed by atoms with van der Waals surface area (Å²) in [6.45, 7) is 2.14. The number of ketones is 1. The largest absolute Gasteiger partial charge is 0.382 e. The third-order valence-electron chi connectivity index (χ3n) is 4.65. The van der Waals surface area contributed by atoms with Gasteiger partial charge in [0, 0.05) is 29.0 Å². The maximum atomic E-state index is 12.3. The zero-order valence-corrected chi connectivity index (χ0v) is 15.2. The van der Waals surface area contributed by atoms with E-state index in [9.17, 15) is 4.79 Å². The maximum Gasteiger partial charge on any atom is 0.134 e. The third-order valence-corrected chi connectivity index (χ3v) is 5.15. The summed E-state index contributed by atoms with van der Waals surface area (Å²) >= 11 is 3.53. The van der Waals surface area contributed by atoms with Gasteiger partial charge in [-0.05, 0) is 43.4 Å². The first-order valence-corrected chi connectivity index (χ1v) is 9.52. The van der Waals surface area contributed by atoms with Gasteiger partial charge in [0.25, 0.3) is 0 Å². The number of anilines is 1. The molecular weight excluding hydrogens is 338 g/mol. The van der Waals surface area contributed by atoms with Crippen LogP contribution < -0.4 is 5.32 Å². The summed E-state index contributed by atoms with van der Waals surface area (Å²) in [4.78, 5) is 12.3. The number of benzene rings is 1. The van der Waals surface area contributed by atoms with E-state index in [1.165, 1.54) is 32.1 Å². The zero-order chi connectivity index (χ0) is 15.8. The molecule has 22 heavy (non-hydrogen) atoms. The molecule has 0 aliphatic heterocycles. The second-order valence-electron chi connectivity index (χ2n) is 6.51. The summed E-state index contributed by atoms with van der Waals surface area (Å²) < 4.78 is 1.08. The molecule has 0 spiro atoms. The lowest BCUT2D eigenvalue weighted by atomic mass is 9.81. The number of hydrogen-bond acceptors (Lipinski definition) is 2. The van der Waals surface area contributed by atoms with E-state index in [1.54, 1.807) is 0 Å². The molecule has 122 valence electrons. The molecule has 0 unspecified atom stereocenters. The van der Waals surface area contributed by atoms with Gasteiger partial charge in [-0.25, -0.2) is 0 Å². The van der Waals surface area contributed by atoms with Crippen LogP contribution >= 0.6 is 15.9 Å². The Hall–Kier alpha value is -0.830. The van der Waals surface area contributed by atoms with Crippen LogP contribution in [0.5, 0.6) is 0 Å². The first-order chi connectivity index (χ1) is 10.7. The van der Waals surface area contributed by atoms with Crippen molar-refractivity contribution < 1.29 is 4.79 Å². The number of unbranched alkanes of at least 4 members (excludes halogenated alkanes) is 1. The molecule has 1 atom stereocenters. The quantitative estimate of drug-likeness (QED) is 0.615. The summed E-state index contributed by atoms with van der Waals surface area (Å²) in [7, 11) is 0. The van der Waals surface area contributed by atoms with Gasteiger partial charge in [-0.3, -0.25) is 4.79 Å². The van der Waals surface area contributed by atoms with Crippen LogP contribution in [0.25, 0.3) is 0 Å². The van der Waals surface area contributed by atoms with Crippen molar-refractivity contribution in [3.8, 4) is 0 Å². The molecule has 2 rings (SSSR count). The van der Waals surface area contributed by atoms with E-state index in [0.29, 0.717) is 24.2 Å². The molecule has 1 aromatic rings. The third kappa shape index (κ3) is 5.75. The summed E-state index contributed by atoms with van der Waals surface area (Å²) in [6.07, 6.45) is 10.0. The molecule has 0 heterocycles. The van der Waals surface area contributed by atoms with E-state index >= 15 is 0 Å². The fourth-order valence-corrected chi connectivity index (χ4v) is 3.78. The second-order valence-corrected chi connectivity index (χ2v) is 7.42. The minimum absolute atomic E-state index is 0.291. The number of nitrogens with one attached hydrogen (secondary N) is 1. The van der Waals surface area contributed by atoms with E-state index in [0.717, 1.165) is 29.4 Å². The number of Topliss-reactive ketones (excluding diaryl/α,β-unsaturated/α-hetero) is 1. The second kappa shape index (κ2) is 9.34. The van der Waals surface area contributed by atoms with Gasteiger partial charge in [0.1, 0.15) is 5.78 Å². The van der Waals surface area contributed by atoms with Crippen molar-refractivity contribution in [2.75, 3.05) is 5.32 Å². The van der Waals surface area contributed by atoms with Crippen LogP contribution in [-0.4, -0.2) is 11.8 Å². The molecule has 1 saturated carbocycles. The highest BCUT2D eigenvalue weighted by molar-refractivity contribution is 9.10. The van der Waals surface area contributed by atoms with Gasteiger partial charge in [-0.2, -0.15) is 0 Å². The molecule has 0 saturated heterocycles. The monoisotopic (exact) mass is 365 g/mol. The zero-order valence-electron chi connectivity index (χ0n) is 13.6. The van der Waals surface area contributed by atoms with Crippen molar-refractivity contribution in [3.63, 3.8) is 0 Å². The Balaban J connectivity index is 2.01. The van der Waals surface area contributed by atoms with Crippen LogP contribution in [0.1, 0.15) is 64.7 Å². The van der Waals surface area contributed by atoms with E-state index in [-0.39, 0.29) is 0 Å². The van der Waals surface area contributed by atoms with Crippen molar-refractivity contribution in [3.05, 3.63) is 28.7 Å². The standard InChI is InChI=1S/C19H28BrNO/c1-2-3-12-18(22)14-19(15-8-5-4-6-9-15)21-17-11-7-10-16(20)13-17/h7,10-11,13,15,19,21H,2-6,8-9,12,14H2,1H3/t19-/m0/s1. The Bertz CT molecular complexity index is 468. The minimum atomic E-state index is 0.291. The average Bonchev–Trinajstić information content (AvgIpc) is 2.53. The van der Waals surface area contributed by atoms with Gasteiger partial charge in [0.2, 0.25) is 0 Å². The molecule has 1 aliphatic carbocycles. The molecule has 0 radical (unpaired) electrons. The summed E-state index contributed by atoms with van der Waals surface area (Å²) in [5.74, 6) is 1.05. The van der Waals surface area contributed by atoms with Crippen molar-refractivity contribution in [1.82, 2.24) is 0 Å². The predicted octanol–water partition coefficient (Wildman–Crippen LogP) is 5.96. The molecule has 0 amide bonds. The highest BCUT2D eigenvalue weighted by Crippen LogP contribution is 2.30. The number of rotatable bonds is 8. The smallest absolute Gasteiger partial charge is 0.134 e. The molecule has 1 aliphatic rings. The lowest BCUT2D eigenvalue weighted by Gasteiger charge is -2.31. The summed E-state index contributed by atoms with van der Waals surface area (Å²) in [5.41, 5.74) is 1.12. The van der Waals surface area contributed by atoms with Crippen LogP contribution in [0, 0.1) is 5.92 Å². The Labute approximate surface area is 143 Å². The predicted molar refractivity (Wildman–Crippen MR) is 97.3 cm³/mol. The Morgan fingerprint density at radius 2 is 2.09 bits per heavy atom. The van der Waals surface area contributed by atoms with Crippen LogP contribution in [0.15, 0.2) is 28.7 Å². The molecular formula is C19H28BrNO. The average molecular weight is 366 g/mol. The van der Waals surface area contributed by atoms with E-state index < -0.39 is 0 Å². The lowest BCUT2D eigenvalue weighted by Crippen LogP contribution is -2.33.